The first-order chi connectivity index (χ1) is 11.8. The molecule has 0 bridgehead atoms. The molecule has 0 N–H and O–H groups in total. The van der Waals surface area contributed by atoms with Crippen LogP contribution in [0.25, 0.3) is 0 Å². The first-order valence-corrected chi connectivity index (χ1v) is 8.99. The van der Waals surface area contributed by atoms with Crippen molar-refractivity contribution < 1.29 is 17.6 Å². The Hall–Kier alpha value is -1.30. The fraction of sp³-hybridized carbons (Fsp3) is 0.684. The molecule has 2 nitrogen and oxygen atoms in total. The van der Waals surface area contributed by atoms with Gasteiger partial charge >= 0.3 is 0 Å². The van der Waals surface area contributed by atoms with E-state index >= 15 is 0 Å². The van der Waals surface area contributed by atoms with Gasteiger partial charge < -0.3 is 4.90 Å². The summed E-state index contributed by atoms with van der Waals surface area (Å²) in [5.74, 6) is -3.30. The van der Waals surface area contributed by atoms with Crippen molar-refractivity contribution in [1.29, 1.82) is 0 Å². The van der Waals surface area contributed by atoms with Crippen LogP contribution in [-0.2, 0) is 0 Å². The number of nitrogens with zero attached hydrogens (tertiary/aromatic N) is 2. The van der Waals surface area contributed by atoms with Gasteiger partial charge in [0.1, 0.15) is 18.5 Å². The highest BCUT2D eigenvalue weighted by Crippen LogP contribution is 2.34. The summed E-state index contributed by atoms with van der Waals surface area (Å²) in [7, 11) is 0. The molecule has 1 unspecified atom stereocenters. The molecule has 2 rings (SSSR count). The Kier molecular flexibility index (Phi) is 8.19. The van der Waals surface area contributed by atoms with E-state index in [-0.39, 0.29) is 25.3 Å². The van der Waals surface area contributed by atoms with Crippen LogP contribution in [0.1, 0.15) is 38.3 Å². The van der Waals surface area contributed by atoms with E-state index in [1.54, 1.807) is 29.7 Å². The van der Waals surface area contributed by atoms with Crippen LogP contribution >= 0.6 is 0 Å². The number of aryl methyl sites for hydroxylation is 1. The Morgan fingerprint density at radius 2 is 1.80 bits per heavy atom. The highest BCUT2D eigenvalue weighted by atomic mass is 19.3. The fourth-order valence-electron chi connectivity index (χ4n) is 3.03. The summed E-state index contributed by atoms with van der Waals surface area (Å²) in [6.07, 6.45) is -0.301. The quantitative estimate of drug-likeness (QED) is 0.682. The second-order valence-electron chi connectivity index (χ2n) is 6.18. The van der Waals surface area contributed by atoms with Crippen LogP contribution in [0.2, 0.25) is 0 Å². The number of hydrogen-bond donors (Lipinski definition) is 0. The van der Waals surface area contributed by atoms with Crippen LogP contribution in [0.5, 0.6) is 0 Å². The van der Waals surface area contributed by atoms with Gasteiger partial charge in [-0.15, -0.1) is 0 Å². The Morgan fingerprint density at radius 1 is 1.16 bits per heavy atom. The Bertz CT molecular complexity index is 525. The number of hydrogen-bond acceptors (Lipinski definition) is 2. The molecule has 1 saturated heterocycles. The minimum absolute atomic E-state index is 0.0826. The molecule has 0 spiro atoms. The van der Waals surface area contributed by atoms with Crippen molar-refractivity contribution in [1.82, 2.24) is 4.90 Å². The zero-order valence-corrected chi connectivity index (χ0v) is 15.9. The summed E-state index contributed by atoms with van der Waals surface area (Å²) in [4.78, 5) is 3.29. The van der Waals surface area contributed by atoms with Crippen molar-refractivity contribution in [3.8, 4) is 0 Å². The number of piperazine rings is 1. The van der Waals surface area contributed by atoms with Crippen LogP contribution in [0.3, 0.4) is 0 Å². The van der Waals surface area contributed by atoms with Gasteiger partial charge in [-0.3, -0.25) is 4.90 Å². The van der Waals surface area contributed by atoms with Gasteiger partial charge in [-0.1, -0.05) is 20.8 Å². The molecular weight excluding hydrogens is 332 g/mol. The maximum Gasteiger partial charge on any atom is 0.268 e. The molecule has 1 aromatic rings. The summed E-state index contributed by atoms with van der Waals surface area (Å²) in [5.41, 5.74) is 1.75. The first-order valence-electron chi connectivity index (χ1n) is 8.99. The van der Waals surface area contributed by atoms with E-state index in [9.17, 15) is 17.6 Å². The zero-order valence-electron chi connectivity index (χ0n) is 15.9. The largest absolute Gasteiger partial charge is 0.360 e. The van der Waals surface area contributed by atoms with Crippen molar-refractivity contribution in [2.75, 3.05) is 37.8 Å². The molecule has 1 aromatic carbocycles. The van der Waals surface area contributed by atoms with E-state index < -0.39 is 18.6 Å². The third-order valence-corrected chi connectivity index (χ3v) is 4.74. The van der Waals surface area contributed by atoms with E-state index in [2.05, 4.69) is 0 Å². The lowest BCUT2D eigenvalue weighted by molar-refractivity contribution is -0.0475. The highest BCUT2D eigenvalue weighted by Gasteiger charge is 2.44. The molecule has 25 heavy (non-hydrogen) atoms. The minimum atomic E-state index is -2.91. The number of rotatable bonds is 5. The van der Waals surface area contributed by atoms with Gasteiger partial charge in [-0.2, -0.15) is 0 Å². The van der Waals surface area contributed by atoms with Crippen molar-refractivity contribution in [2.45, 2.75) is 53.0 Å². The van der Waals surface area contributed by atoms with Crippen LogP contribution < -0.4 is 4.90 Å². The lowest BCUT2D eigenvalue weighted by Crippen LogP contribution is -2.60. The maximum absolute atomic E-state index is 14.4. The summed E-state index contributed by atoms with van der Waals surface area (Å²) in [5, 5.41) is 0. The van der Waals surface area contributed by atoms with E-state index in [0.717, 1.165) is 5.56 Å². The number of benzene rings is 1. The molecule has 1 aliphatic heterocycles. The van der Waals surface area contributed by atoms with Gasteiger partial charge in [0.2, 0.25) is 0 Å². The topological polar surface area (TPSA) is 6.48 Å². The maximum atomic E-state index is 14.4. The molecule has 1 heterocycles. The van der Waals surface area contributed by atoms with E-state index in [4.69, 9.17) is 0 Å². The molecule has 6 heteroatoms. The predicted octanol–water partition coefficient (Wildman–Crippen LogP) is 4.97. The third-order valence-electron chi connectivity index (χ3n) is 4.74. The van der Waals surface area contributed by atoms with Crippen molar-refractivity contribution >= 4 is 5.69 Å². The minimum Gasteiger partial charge on any atom is -0.360 e. The van der Waals surface area contributed by atoms with Crippen LogP contribution in [0.4, 0.5) is 23.2 Å². The lowest BCUT2D eigenvalue weighted by atomic mass is 10.00. The SMILES string of the molecule is CC.CCC(F)(F)C1CN(CCF)CCN1c1cc(C)c(C)c(F)c1. The van der Waals surface area contributed by atoms with Crippen molar-refractivity contribution in [3.63, 3.8) is 0 Å². The second kappa shape index (κ2) is 9.41. The smallest absolute Gasteiger partial charge is 0.268 e. The summed E-state index contributed by atoms with van der Waals surface area (Å²) < 4.78 is 55.4. The first kappa shape index (κ1) is 21.7. The van der Waals surface area contributed by atoms with Crippen molar-refractivity contribution in [3.05, 3.63) is 29.1 Å². The summed E-state index contributed by atoms with van der Waals surface area (Å²) in [6, 6.07) is 2.00. The summed E-state index contributed by atoms with van der Waals surface area (Å²) >= 11 is 0. The number of anilines is 1. The van der Waals surface area contributed by atoms with Crippen LogP contribution in [0, 0.1) is 19.7 Å². The van der Waals surface area contributed by atoms with Gasteiger partial charge in [0.15, 0.2) is 0 Å². The molecule has 1 atom stereocenters. The van der Waals surface area contributed by atoms with E-state index in [1.165, 1.54) is 13.0 Å². The third kappa shape index (κ3) is 5.09. The van der Waals surface area contributed by atoms with E-state index in [1.807, 2.05) is 13.8 Å². The normalized spacial score (nSPS) is 18.8. The van der Waals surface area contributed by atoms with Crippen LogP contribution in [-0.4, -0.2) is 49.7 Å². The Balaban J connectivity index is 0.00000151. The molecule has 0 aliphatic carbocycles. The zero-order chi connectivity index (χ0) is 19.2. The molecule has 1 fully saturated rings. The van der Waals surface area contributed by atoms with Gasteiger partial charge in [0.05, 0.1) is 0 Å². The van der Waals surface area contributed by atoms with Crippen LogP contribution in [0.15, 0.2) is 12.1 Å². The van der Waals surface area contributed by atoms with Gasteiger partial charge in [0, 0.05) is 38.3 Å². The predicted molar refractivity (Wildman–Crippen MR) is 96.0 cm³/mol. The van der Waals surface area contributed by atoms with Gasteiger partial charge in [-0.05, 0) is 37.1 Å². The average molecular weight is 362 g/mol. The van der Waals surface area contributed by atoms with Gasteiger partial charge in [0.25, 0.3) is 5.92 Å². The second-order valence-corrected chi connectivity index (χ2v) is 6.18. The Labute approximate surface area is 148 Å². The monoisotopic (exact) mass is 362 g/mol. The molecule has 0 saturated carbocycles. The van der Waals surface area contributed by atoms with Gasteiger partial charge in [-0.25, -0.2) is 17.6 Å². The highest BCUT2D eigenvalue weighted by molar-refractivity contribution is 5.53. The number of halogens is 4. The molecular formula is C19H30F4N2. The molecule has 0 amide bonds. The summed E-state index contributed by atoms with van der Waals surface area (Å²) in [6.45, 7) is 9.40. The fourth-order valence-corrected chi connectivity index (χ4v) is 3.03. The Morgan fingerprint density at radius 3 is 2.32 bits per heavy atom. The molecule has 0 aromatic heterocycles. The molecule has 1 aliphatic rings. The van der Waals surface area contributed by atoms with Crippen molar-refractivity contribution in [2.24, 2.45) is 0 Å². The lowest BCUT2D eigenvalue weighted by Gasteiger charge is -2.45. The number of alkyl halides is 3. The molecule has 144 valence electrons. The molecule has 0 radical (unpaired) electrons. The van der Waals surface area contributed by atoms with E-state index in [0.29, 0.717) is 24.3 Å². The average Bonchev–Trinajstić information content (AvgIpc) is 2.61. The standard InChI is InChI=1S/C17H24F4N2.C2H6/c1-4-17(20,21)16-11-22(6-5-18)7-8-23(16)14-9-12(2)13(3)15(19)10-14;1-2/h9-10,16H,4-8,11H2,1-3H3;1-2H3.